The van der Waals surface area contributed by atoms with Crippen LogP contribution in [0.2, 0.25) is 0 Å². The summed E-state index contributed by atoms with van der Waals surface area (Å²) in [6.45, 7) is 12.2. The molecule has 4 aliphatic carbocycles. The fourth-order valence-corrected chi connectivity index (χ4v) is 12.4. The van der Waals surface area contributed by atoms with Gasteiger partial charge in [-0.2, -0.15) is 8.42 Å². The molecule has 1 spiro atoms. The quantitative estimate of drug-likeness (QED) is 0.408. The summed E-state index contributed by atoms with van der Waals surface area (Å²) in [5, 5.41) is 12.0. The zero-order chi connectivity index (χ0) is 28.9. The molecule has 2 aliphatic heterocycles. The Kier molecular flexibility index (Phi) is 6.84. The second-order valence-electron chi connectivity index (χ2n) is 15.5. The van der Waals surface area contributed by atoms with Crippen LogP contribution in [0.25, 0.3) is 0 Å². The van der Waals surface area contributed by atoms with Crippen molar-refractivity contribution in [2.45, 2.75) is 121 Å². The van der Waals surface area contributed by atoms with Crippen LogP contribution < -0.4 is 0 Å². The maximum Gasteiger partial charge on any atom is 0.297 e. The van der Waals surface area contributed by atoms with Gasteiger partial charge in [0.05, 0.1) is 29.8 Å². The summed E-state index contributed by atoms with van der Waals surface area (Å²) < 4.78 is 45.2. The largest absolute Gasteiger partial charge is 0.390 e. The summed E-state index contributed by atoms with van der Waals surface area (Å²) in [4.78, 5) is 0.249. The molecular formula is C34H50O6S. The molecule has 1 aromatic rings. The van der Waals surface area contributed by atoms with Crippen LogP contribution in [0.4, 0.5) is 0 Å². The minimum atomic E-state index is -3.77. The van der Waals surface area contributed by atoms with Crippen LogP contribution >= 0.6 is 0 Å². The normalized spacial score (nSPS) is 51.1. The number of aliphatic hydroxyl groups is 1. The molecule has 0 bridgehead atoms. The summed E-state index contributed by atoms with van der Waals surface area (Å²) in [5.74, 6) is 2.42. The summed E-state index contributed by atoms with van der Waals surface area (Å²) in [5.41, 5.74) is 1.25. The monoisotopic (exact) mass is 586 g/mol. The topological polar surface area (TPSA) is 82.1 Å². The zero-order valence-electron chi connectivity index (χ0n) is 25.6. The van der Waals surface area contributed by atoms with Crippen molar-refractivity contribution in [3.63, 3.8) is 0 Å². The van der Waals surface area contributed by atoms with Crippen molar-refractivity contribution in [1.29, 1.82) is 0 Å². The van der Waals surface area contributed by atoms with Crippen molar-refractivity contribution in [3.05, 3.63) is 29.8 Å². The molecule has 7 rings (SSSR count). The molecule has 7 heteroatoms. The Labute approximate surface area is 247 Å². The average Bonchev–Trinajstić information content (AvgIpc) is 3.34. The number of fused-ring (bicyclic) bond motifs is 7. The third-order valence-corrected chi connectivity index (χ3v) is 14.8. The van der Waals surface area contributed by atoms with Crippen LogP contribution in [0.1, 0.15) is 91.0 Å². The Morgan fingerprint density at radius 3 is 2.37 bits per heavy atom. The number of aliphatic hydroxyl groups excluding tert-OH is 1. The standard InChI is InChI=1S/C34H50O6S/c1-20-6-9-25(10-7-20)41(36,37)40-24-13-15-32(4)23(18-24)8-11-26-27(32)14-16-33(5)28-22(3)34(17-12-21(2)19-38-34)39-31(28)30(35)29(26)33/h6-7,9-10,21-24,26-31,35H,8,11-19H2,1-5H3/t21?,22-,23?,24?,26+,27-,28-,29+,30?,31+,32-,33+,34+/m0/s1. The molecule has 4 saturated carbocycles. The SMILES string of the molecule is Cc1ccc(S(=O)(=O)OC2CC[C@@]3(C)C(CC[C@H]4[C@@H]5C(O)[C@@H]6O[C@]7(CCC(C)CO7)[C@@H](C)[C@@H]6[C@@]5(C)CC[C@@H]43)C2)cc1. The number of ether oxygens (including phenoxy) is 2. The Morgan fingerprint density at radius 1 is 0.927 bits per heavy atom. The van der Waals surface area contributed by atoms with E-state index in [4.69, 9.17) is 13.7 Å². The Morgan fingerprint density at radius 2 is 1.66 bits per heavy atom. The summed E-state index contributed by atoms with van der Waals surface area (Å²) >= 11 is 0. The minimum Gasteiger partial charge on any atom is -0.390 e. The lowest BCUT2D eigenvalue weighted by molar-refractivity contribution is -0.282. The first-order chi connectivity index (χ1) is 19.4. The number of hydrogen-bond acceptors (Lipinski definition) is 6. The Hall–Kier alpha value is -0.990. The molecule has 0 radical (unpaired) electrons. The zero-order valence-corrected chi connectivity index (χ0v) is 26.4. The highest BCUT2D eigenvalue weighted by atomic mass is 32.2. The summed E-state index contributed by atoms with van der Waals surface area (Å²) in [7, 11) is -3.77. The molecule has 6 fully saturated rings. The molecular weight excluding hydrogens is 536 g/mol. The van der Waals surface area contributed by atoms with Crippen LogP contribution in [0.5, 0.6) is 0 Å². The highest BCUT2D eigenvalue weighted by Gasteiger charge is 2.72. The number of rotatable bonds is 3. The van der Waals surface area contributed by atoms with Gasteiger partial charge in [-0.25, -0.2) is 0 Å². The Bertz CT molecular complexity index is 1250. The molecule has 6 aliphatic rings. The van der Waals surface area contributed by atoms with E-state index in [1.165, 1.54) is 6.42 Å². The van der Waals surface area contributed by atoms with E-state index in [2.05, 4.69) is 27.7 Å². The fourth-order valence-electron chi connectivity index (χ4n) is 11.3. The maximum absolute atomic E-state index is 13.1. The van der Waals surface area contributed by atoms with E-state index in [0.717, 1.165) is 63.5 Å². The molecule has 0 amide bonds. The molecule has 1 aromatic carbocycles. The third-order valence-electron chi connectivity index (χ3n) is 13.5. The predicted molar refractivity (Wildman–Crippen MR) is 156 cm³/mol. The molecule has 13 atom stereocenters. The van der Waals surface area contributed by atoms with E-state index in [1.807, 2.05) is 19.1 Å². The van der Waals surface area contributed by atoms with Gasteiger partial charge in [0.15, 0.2) is 5.79 Å². The molecule has 1 N–H and O–H groups in total. The van der Waals surface area contributed by atoms with Gasteiger partial charge in [-0.15, -0.1) is 0 Å². The third kappa shape index (κ3) is 4.26. The van der Waals surface area contributed by atoms with Crippen LogP contribution in [0, 0.1) is 59.2 Å². The van der Waals surface area contributed by atoms with Gasteiger partial charge in [-0.1, -0.05) is 45.4 Å². The summed E-state index contributed by atoms with van der Waals surface area (Å²) in [6, 6.07) is 6.95. The van der Waals surface area contributed by atoms with Crippen molar-refractivity contribution in [2.24, 2.45) is 52.3 Å². The van der Waals surface area contributed by atoms with Crippen LogP contribution in [-0.2, 0) is 23.8 Å². The molecule has 41 heavy (non-hydrogen) atoms. The highest BCUT2D eigenvalue weighted by Crippen LogP contribution is 2.71. The lowest BCUT2D eigenvalue weighted by Gasteiger charge is -2.61. The van der Waals surface area contributed by atoms with Crippen molar-refractivity contribution < 1.29 is 27.2 Å². The first-order valence-corrected chi connectivity index (χ1v) is 17.8. The molecule has 2 saturated heterocycles. The van der Waals surface area contributed by atoms with Gasteiger partial charge < -0.3 is 14.6 Å². The van der Waals surface area contributed by atoms with E-state index in [-0.39, 0.29) is 39.8 Å². The second-order valence-corrected chi connectivity index (χ2v) is 17.1. The van der Waals surface area contributed by atoms with Gasteiger partial charge in [-0.05, 0) is 111 Å². The van der Waals surface area contributed by atoms with Crippen molar-refractivity contribution in [2.75, 3.05) is 6.61 Å². The first-order valence-electron chi connectivity index (χ1n) is 16.4. The average molecular weight is 587 g/mol. The van der Waals surface area contributed by atoms with E-state index in [0.29, 0.717) is 29.6 Å². The van der Waals surface area contributed by atoms with Gasteiger partial charge in [-0.3, -0.25) is 4.18 Å². The summed E-state index contributed by atoms with van der Waals surface area (Å²) in [6.07, 6.45) is 8.29. The van der Waals surface area contributed by atoms with E-state index < -0.39 is 22.0 Å². The lowest BCUT2D eigenvalue weighted by Crippen LogP contribution is -2.56. The van der Waals surface area contributed by atoms with E-state index >= 15 is 0 Å². The molecule has 228 valence electrons. The van der Waals surface area contributed by atoms with Crippen LogP contribution in [-0.4, -0.2) is 44.2 Å². The van der Waals surface area contributed by atoms with E-state index in [1.54, 1.807) is 12.1 Å². The molecule has 0 aromatic heterocycles. The maximum atomic E-state index is 13.1. The van der Waals surface area contributed by atoms with Crippen molar-refractivity contribution in [1.82, 2.24) is 0 Å². The first kappa shape index (κ1) is 28.8. The number of aryl methyl sites for hydroxylation is 1. The van der Waals surface area contributed by atoms with Gasteiger partial charge in [0.2, 0.25) is 0 Å². The lowest BCUT2D eigenvalue weighted by atomic mass is 9.44. The van der Waals surface area contributed by atoms with Crippen molar-refractivity contribution >= 4 is 10.1 Å². The fraction of sp³-hybridized carbons (Fsp3) is 0.824. The minimum absolute atomic E-state index is 0.0617. The van der Waals surface area contributed by atoms with Crippen LogP contribution in [0.3, 0.4) is 0 Å². The van der Waals surface area contributed by atoms with Crippen LogP contribution in [0.15, 0.2) is 29.2 Å². The molecule has 2 heterocycles. The molecule has 4 unspecified atom stereocenters. The van der Waals surface area contributed by atoms with E-state index in [9.17, 15) is 13.5 Å². The van der Waals surface area contributed by atoms with Gasteiger partial charge in [0.1, 0.15) is 0 Å². The second kappa shape index (κ2) is 9.76. The Balaban J connectivity index is 1.07. The molecule has 6 nitrogen and oxygen atoms in total. The number of benzene rings is 1. The van der Waals surface area contributed by atoms with Gasteiger partial charge in [0, 0.05) is 18.3 Å². The van der Waals surface area contributed by atoms with Crippen molar-refractivity contribution in [3.8, 4) is 0 Å². The predicted octanol–water partition coefficient (Wildman–Crippen LogP) is 6.49. The van der Waals surface area contributed by atoms with Gasteiger partial charge in [0.25, 0.3) is 10.1 Å². The highest BCUT2D eigenvalue weighted by molar-refractivity contribution is 7.86. The number of hydrogen-bond donors (Lipinski definition) is 1. The smallest absolute Gasteiger partial charge is 0.297 e. The van der Waals surface area contributed by atoms with Gasteiger partial charge >= 0.3 is 0 Å².